The predicted molar refractivity (Wildman–Crippen MR) is 111 cm³/mol. The molecule has 29 heavy (non-hydrogen) atoms. The summed E-state index contributed by atoms with van der Waals surface area (Å²) in [5.74, 6) is 0.698. The molecule has 8 heteroatoms. The van der Waals surface area contributed by atoms with Gasteiger partial charge in [-0.25, -0.2) is 8.42 Å². The molecule has 0 spiro atoms. The van der Waals surface area contributed by atoms with Crippen molar-refractivity contribution in [1.29, 1.82) is 0 Å². The number of hydrogen-bond donors (Lipinski definition) is 0. The minimum Gasteiger partial charge on any atom is -0.390 e. The topological polar surface area (TPSA) is 77.3 Å². The first-order valence-corrected chi connectivity index (χ1v) is 11.3. The molecular formula is C21H26N4O3S. The molecule has 2 unspecified atom stereocenters. The van der Waals surface area contributed by atoms with Crippen molar-refractivity contribution in [1.82, 2.24) is 19.5 Å². The smallest absolute Gasteiger partial charge is 0.243 e. The molecule has 0 amide bonds. The maximum Gasteiger partial charge on any atom is 0.243 e. The number of piperidine rings is 1. The summed E-state index contributed by atoms with van der Waals surface area (Å²) < 4.78 is 28.0. The number of benzene rings is 2. The van der Waals surface area contributed by atoms with Crippen LogP contribution in [0, 0.1) is 18.8 Å². The van der Waals surface area contributed by atoms with Crippen LogP contribution in [0.3, 0.4) is 0 Å². The van der Waals surface area contributed by atoms with Crippen molar-refractivity contribution in [2.24, 2.45) is 11.8 Å². The fourth-order valence-corrected chi connectivity index (χ4v) is 5.69. The fourth-order valence-electron chi connectivity index (χ4n) is 3.99. The standard InChI is InChI=1S/C21H26N4O3S/c1-15-10-16(2)13-24(12-15)29(26,27)19-8-9-20-21(11-19)25(23-22-20)28-14-18-7-5-4-6-17(18)3/h4-9,11,15-16H,10,12-14H2,1-3H3. The van der Waals surface area contributed by atoms with Gasteiger partial charge in [0, 0.05) is 13.1 Å². The monoisotopic (exact) mass is 414 g/mol. The number of fused-ring (bicyclic) bond motifs is 1. The first kappa shape index (κ1) is 19.8. The first-order valence-electron chi connectivity index (χ1n) is 9.88. The summed E-state index contributed by atoms with van der Waals surface area (Å²) in [5, 5.41) is 8.13. The molecule has 0 bridgehead atoms. The third kappa shape index (κ3) is 4.00. The van der Waals surface area contributed by atoms with Crippen LogP contribution in [0.15, 0.2) is 47.4 Å². The number of rotatable bonds is 5. The summed E-state index contributed by atoms with van der Waals surface area (Å²) >= 11 is 0. The highest BCUT2D eigenvalue weighted by molar-refractivity contribution is 7.89. The van der Waals surface area contributed by atoms with Crippen LogP contribution in [0.4, 0.5) is 0 Å². The molecule has 0 radical (unpaired) electrons. The maximum atomic E-state index is 13.2. The lowest BCUT2D eigenvalue weighted by Gasteiger charge is -2.34. The second-order valence-corrected chi connectivity index (χ2v) is 10.0. The zero-order chi connectivity index (χ0) is 20.6. The quantitative estimate of drug-likeness (QED) is 0.641. The Morgan fingerprint density at radius 3 is 2.55 bits per heavy atom. The number of hydrogen-bond acceptors (Lipinski definition) is 5. The lowest BCUT2D eigenvalue weighted by Crippen LogP contribution is -2.42. The summed E-state index contributed by atoms with van der Waals surface area (Å²) in [6, 6.07) is 12.8. The zero-order valence-corrected chi connectivity index (χ0v) is 17.8. The van der Waals surface area contributed by atoms with Crippen molar-refractivity contribution < 1.29 is 13.3 Å². The number of sulfonamides is 1. The molecule has 3 aromatic rings. The van der Waals surface area contributed by atoms with Crippen LogP contribution in [0.25, 0.3) is 11.0 Å². The molecule has 0 saturated carbocycles. The van der Waals surface area contributed by atoms with Gasteiger partial charge in [-0.2, -0.15) is 4.31 Å². The average molecular weight is 415 g/mol. The van der Waals surface area contributed by atoms with E-state index >= 15 is 0 Å². The van der Waals surface area contributed by atoms with E-state index in [-0.39, 0.29) is 4.90 Å². The van der Waals surface area contributed by atoms with E-state index in [1.807, 2.05) is 31.2 Å². The maximum absolute atomic E-state index is 13.2. The highest BCUT2D eigenvalue weighted by atomic mass is 32.2. The molecule has 1 saturated heterocycles. The van der Waals surface area contributed by atoms with Crippen molar-refractivity contribution in [2.45, 2.75) is 38.7 Å². The Bertz CT molecular complexity index is 1120. The summed E-state index contributed by atoms with van der Waals surface area (Å²) in [7, 11) is -3.58. The van der Waals surface area contributed by atoms with E-state index in [2.05, 4.69) is 24.2 Å². The summed E-state index contributed by atoms with van der Waals surface area (Å²) in [5.41, 5.74) is 3.29. The Morgan fingerprint density at radius 1 is 1.10 bits per heavy atom. The Morgan fingerprint density at radius 2 is 1.83 bits per heavy atom. The molecule has 1 aromatic heterocycles. The zero-order valence-electron chi connectivity index (χ0n) is 16.9. The van der Waals surface area contributed by atoms with Crippen LogP contribution in [0.2, 0.25) is 0 Å². The molecular weight excluding hydrogens is 388 g/mol. The van der Waals surface area contributed by atoms with Gasteiger partial charge in [0.05, 0.1) is 4.90 Å². The van der Waals surface area contributed by atoms with Gasteiger partial charge < -0.3 is 4.84 Å². The molecule has 1 aliphatic heterocycles. The molecule has 2 aromatic carbocycles. The van der Waals surface area contributed by atoms with E-state index < -0.39 is 10.0 Å². The van der Waals surface area contributed by atoms with Crippen LogP contribution >= 0.6 is 0 Å². The van der Waals surface area contributed by atoms with Gasteiger partial charge in [-0.3, -0.25) is 0 Å². The third-order valence-electron chi connectivity index (χ3n) is 5.46. The fraction of sp³-hybridized carbons (Fsp3) is 0.429. The minimum atomic E-state index is -3.58. The predicted octanol–water partition coefficient (Wildman–Crippen LogP) is 3.04. The van der Waals surface area contributed by atoms with Crippen LogP contribution < -0.4 is 4.84 Å². The first-order chi connectivity index (χ1) is 13.8. The van der Waals surface area contributed by atoms with Gasteiger partial charge in [-0.05, 0) is 59.7 Å². The van der Waals surface area contributed by atoms with Crippen molar-refractivity contribution >= 4 is 21.1 Å². The van der Waals surface area contributed by atoms with Gasteiger partial charge in [-0.1, -0.05) is 43.0 Å². The molecule has 1 fully saturated rings. The van der Waals surface area contributed by atoms with Crippen molar-refractivity contribution in [3.8, 4) is 0 Å². The summed E-state index contributed by atoms with van der Waals surface area (Å²) in [6.07, 6.45) is 1.05. The molecule has 154 valence electrons. The summed E-state index contributed by atoms with van der Waals surface area (Å²) in [4.78, 5) is 7.36. The Kier molecular flexibility index (Phi) is 5.31. The molecule has 4 rings (SSSR count). The van der Waals surface area contributed by atoms with Gasteiger partial charge in [0.25, 0.3) is 0 Å². The van der Waals surface area contributed by atoms with Crippen LogP contribution in [-0.4, -0.2) is 41.0 Å². The van der Waals surface area contributed by atoms with E-state index in [4.69, 9.17) is 4.84 Å². The van der Waals surface area contributed by atoms with Gasteiger partial charge >= 0.3 is 0 Å². The highest BCUT2D eigenvalue weighted by Gasteiger charge is 2.32. The van der Waals surface area contributed by atoms with Gasteiger partial charge in [0.15, 0.2) is 0 Å². The normalized spacial score (nSPS) is 20.8. The Hall–Kier alpha value is -2.45. The summed E-state index contributed by atoms with van der Waals surface area (Å²) in [6.45, 7) is 7.63. The second-order valence-electron chi connectivity index (χ2n) is 8.08. The Balaban J connectivity index is 1.62. The molecule has 1 aliphatic rings. The van der Waals surface area contributed by atoms with Crippen LogP contribution in [0.1, 0.15) is 31.4 Å². The number of aryl methyl sites for hydroxylation is 1. The van der Waals surface area contributed by atoms with Crippen molar-refractivity contribution in [2.75, 3.05) is 13.1 Å². The van der Waals surface area contributed by atoms with E-state index in [1.54, 1.807) is 22.5 Å². The molecule has 0 N–H and O–H groups in total. The molecule has 7 nitrogen and oxygen atoms in total. The van der Waals surface area contributed by atoms with Gasteiger partial charge in [-0.15, -0.1) is 5.10 Å². The average Bonchev–Trinajstić information content (AvgIpc) is 3.09. The van der Waals surface area contributed by atoms with E-state index in [9.17, 15) is 8.42 Å². The molecule has 2 heterocycles. The lowest BCUT2D eigenvalue weighted by atomic mass is 9.94. The number of nitrogens with zero attached hydrogens (tertiary/aromatic N) is 4. The SMILES string of the molecule is Cc1ccccc1COn1nnc2ccc(S(=O)(=O)N3CC(C)CC(C)C3)cc21. The largest absolute Gasteiger partial charge is 0.390 e. The van der Waals surface area contributed by atoms with Crippen LogP contribution in [0.5, 0.6) is 0 Å². The van der Waals surface area contributed by atoms with Crippen LogP contribution in [-0.2, 0) is 16.6 Å². The van der Waals surface area contributed by atoms with E-state index in [0.29, 0.717) is 42.6 Å². The van der Waals surface area contributed by atoms with Crippen molar-refractivity contribution in [3.05, 3.63) is 53.6 Å². The van der Waals surface area contributed by atoms with E-state index in [0.717, 1.165) is 17.5 Å². The van der Waals surface area contributed by atoms with Gasteiger partial charge in [0.2, 0.25) is 10.0 Å². The Labute approximate surface area is 171 Å². The van der Waals surface area contributed by atoms with Crippen molar-refractivity contribution in [3.63, 3.8) is 0 Å². The minimum absolute atomic E-state index is 0.245. The molecule has 0 aliphatic carbocycles. The van der Waals surface area contributed by atoms with Gasteiger partial charge in [0.1, 0.15) is 17.6 Å². The second kappa shape index (κ2) is 7.76. The lowest BCUT2D eigenvalue weighted by molar-refractivity contribution is 0.0748. The number of aromatic nitrogens is 3. The molecule has 2 atom stereocenters. The highest BCUT2D eigenvalue weighted by Crippen LogP contribution is 2.27. The van der Waals surface area contributed by atoms with E-state index in [1.165, 1.54) is 4.85 Å². The third-order valence-corrected chi connectivity index (χ3v) is 7.29.